The lowest BCUT2D eigenvalue weighted by Crippen LogP contribution is -2.45. The second-order valence-corrected chi connectivity index (χ2v) is 6.59. The number of rotatable bonds is 4. The Bertz CT molecular complexity index is 424. The van der Waals surface area contributed by atoms with Crippen LogP contribution in [0.5, 0.6) is 0 Å². The van der Waals surface area contributed by atoms with E-state index in [0.29, 0.717) is 11.3 Å². The van der Waals surface area contributed by atoms with Crippen LogP contribution in [0, 0.1) is 6.92 Å². The molecule has 0 aliphatic carbocycles. The van der Waals surface area contributed by atoms with Gasteiger partial charge in [0.1, 0.15) is 18.0 Å². The highest BCUT2D eigenvalue weighted by atomic mass is 32.2. The summed E-state index contributed by atoms with van der Waals surface area (Å²) >= 11 is 2.05. The van der Waals surface area contributed by atoms with Crippen LogP contribution in [0.3, 0.4) is 0 Å². The zero-order chi connectivity index (χ0) is 13.8. The minimum Gasteiger partial charge on any atom is -0.370 e. The van der Waals surface area contributed by atoms with Crippen molar-refractivity contribution in [2.75, 3.05) is 29.1 Å². The van der Waals surface area contributed by atoms with Gasteiger partial charge in [0, 0.05) is 35.7 Å². The Kier molecular flexibility index (Phi) is 4.91. The van der Waals surface area contributed by atoms with Gasteiger partial charge in [0.15, 0.2) is 0 Å². The van der Waals surface area contributed by atoms with E-state index in [0.717, 1.165) is 31.1 Å². The Morgan fingerprint density at radius 1 is 1.42 bits per heavy atom. The van der Waals surface area contributed by atoms with Crippen molar-refractivity contribution in [2.45, 2.75) is 45.4 Å². The van der Waals surface area contributed by atoms with Gasteiger partial charge in [-0.05, 0) is 20.3 Å². The van der Waals surface area contributed by atoms with Gasteiger partial charge in [0.05, 0.1) is 0 Å². The van der Waals surface area contributed by atoms with Crippen LogP contribution < -0.4 is 10.2 Å². The van der Waals surface area contributed by atoms with Crippen LogP contribution in [0.25, 0.3) is 0 Å². The molecule has 2 rings (SSSR count). The van der Waals surface area contributed by atoms with E-state index in [1.165, 1.54) is 11.3 Å². The molecule has 1 saturated heterocycles. The lowest BCUT2D eigenvalue weighted by molar-refractivity contribution is 0.618. The van der Waals surface area contributed by atoms with Crippen molar-refractivity contribution in [1.29, 1.82) is 0 Å². The van der Waals surface area contributed by atoms with E-state index in [-0.39, 0.29) is 0 Å². The molecule has 1 aliphatic rings. The maximum atomic E-state index is 4.52. The third-order valence-corrected chi connectivity index (χ3v) is 5.09. The fourth-order valence-corrected chi connectivity index (χ4v) is 3.48. The molecule has 1 N–H and O–H groups in total. The van der Waals surface area contributed by atoms with Gasteiger partial charge in [-0.2, -0.15) is 11.8 Å². The van der Waals surface area contributed by atoms with Crippen molar-refractivity contribution < 1.29 is 0 Å². The number of aromatic nitrogens is 2. The van der Waals surface area contributed by atoms with Crippen molar-refractivity contribution in [1.82, 2.24) is 9.97 Å². The summed E-state index contributed by atoms with van der Waals surface area (Å²) in [4.78, 5) is 11.3. The molecule has 0 bridgehead atoms. The standard InChI is InChI=1S/C14H24N4S/c1-5-6-15-13-10(2)14(17-9-16-13)18-7-8-19-12(4)11(18)3/h9,11-12H,5-8H2,1-4H3,(H,15,16,17). The van der Waals surface area contributed by atoms with Crippen LogP contribution in [-0.2, 0) is 0 Å². The molecule has 0 spiro atoms. The minimum absolute atomic E-state index is 0.520. The minimum atomic E-state index is 0.520. The summed E-state index contributed by atoms with van der Waals surface area (Å²) in [6.45, 7) is 10.9. The summed E-state index contributed by atoms with van der Waals surface area (Å²) in [5.74, 6) is 3.24. The molecule has 2 atom stereocenters. The van der Waals surface area contributed by atoms with E-state index >= 15 is 0 Å². The molecule has 0 amide bonds. The predicted molar refractivity (Wildman–Crippen MR) is 84.3 cm³/mol. The molecule has 0 radical (unpaired) electrons. The Labute approximate surface area is 120 Å². The molecule has 1 aliphatic heterocycles. The average molecular weight is 280 g/mol. The van der Waals surface area contributed by atoms with Crippen molar-refractivity contribution in [2.24, 2.45) is 0 Å². The molecule has 2 unspecified atom stereocenters. The second-order valence-electron chi connectivity index (χ2n) is 5.11. The van der Waals surface area contributed by atoms with Crippen molar-refractivity contribution in [3.8, 4) is 0 Å². The second kappa shape index (κ2) is 6.46. The van der Waals surface area contributed by atoms with Gasteiger partial charge in [-0.25, -0.2) is 9.97 Å². The summed E-state index contributed by atoms with van der Waals surface area (Å²) < 4.78 is 0. The molecule has 0 saturated carbocycles. The molecule has 1 aromatic rings. The van der Waals surface area contributed by atoms with Crippen LogP contribution in [0.4, 0.5) is 11.6 Å². The first-order valence-electron chi connectivity index (χ1n) is 7.08. The van der Waals surface area contributed by atoms with Gasteiger partial charge in [-0.1, -0.05) is 13.8 Å². The van der Waals surface area contributed by atoms with Gasteiger partial charge >= 0.3 is 0 Å². The summed E-state index contributed by atoms with van der Waals surface area (Å²) in [6.07, 6.45) is 2.78. The Morgan fingerprint density at radius 2 is 2.21 bits per heavy atom. The third-order valence-electron chi connectivity index (χ3n) is 3.76. The molecule has 2 heterocycles. The molecule has 4 nitrogen and oxygen atoms in total. The highest BCUT2D eigenvalue weighted by molar-refractivity contribution is 8.00. The highest BCUT2D eigenvalue weighted by Gasteiger charge is 2.27. The number of nitrogens with one attached hydrogen (secondary N) is 1. The first-order valence-corrected chi connectivity index (χ1v) is 8.13. The monoisotopic (exact) mass is 280 g/mol. The topological polar surface area (TPSA) is 41.1 Å². The van der Waals surface area contributed by atoms with E-state index in [2.05, 4.69) is 47.9 Å². The van der Waals surface area contributed by atoms with Crippen molar-refractivity contribution in [3.63, 3.8) is 0 Å². The maximum Gasteiger partial charge on any atom is 0.137 e. The summed E-state index contributed by atoms with van der Waals surface area (Å²) in [6, 6.07) is 0.520. The van der Waals surface area contributed by atoms with Crippen LogP contribution in [-0.4, -0.2) is 40.1 Å². The fourth-order valence-electron chi connectivity index (χ4n) is 2.38. The Hall–Kier alpha value is -0.970. The van der Waals surface area contributed by atoms with E-state index in [9.17, 15) is 0 Å². The van der Waals surface area contributed by atoms with Crippen molar-refractivity contribution >= 4 is 23.4 Å². The molecule has 1 fully saturated rings. The first-order chi connectivity index (χ1) is 9.15. The molecule has 19 heavy (non-hydrogen) atoms. The van der Waals surface area contributed by atoms with Gasteiger partial charge in [-0.15, -0.1) is 0 Å². The summed E-state index contributed by atoms with van der Waals surface area (Å²) in [5, 5.41) is 4.03. The van der Waals surface area contributed by atoms with Gasteiger partial charge in [0.2, 0.25) is 0 Å². The average Bonchev–Trinajstić information content (AvgIpc) is 2.41. The number of thioether (sulfide) groups is 1. The lowest BCUT2D eigenvalue weighted by Gasteiger charge is -2.39. The largest absolute Gasteiger partial charge is 0.370 e. The summed E-state index contributed by atoms with van der Waals surface area (Å²) in [7, 11) is 0. The zero-order valence-corrected chi connectivity index (χ0v) is 13.1. The maximum absolute atomic E-state index is 4.52. The van der Waals surface area contributed by atoms with Gasteiger partial charge in [-0.3, -0.25) is 0 Å². The van der Waals surface area contributed by atoms with Crippen LogP contribution >= 0.6 is 11.8 Å². The SMILES string of the molecule is CCCNc1ncnc(N2CCSC(C)C2C)c1C. The van der Waals surface area contributed by atoms with Gasteiger partial charge in [0.25, 0.3) is 0 Å². The Morgan fingerprint density at radius 3 is 2.95 bits per heavy atom. The zero-order valence-electron chi connectivity index (χ0n) is 12.3. The number of anilines is 2. The van der Waals surface area contributed by atoms with Crippen LogP contribution in [0.15, 0.2) is 6.33 Å². The molecule has 106 valence electrons. The van der Waals surface area contributed by atoms with E-state index < -0.39 is 0 Å². The van der Waals surface area contributed by atoms with Gasteiger partial charge < -0.3 is 10.2 Å². The normalized spacial score (nSPS) is 23.5. The fraction of sp³-hybridized carbons (Fsp3) is 0.714. The molecular formula is C14H24N4S. The molecule has 1 aromatic heterocycles. The Balaban J connectivity index is 2.24. The van der Waals surface area contributed by atoms with Crippen molar-refractivity contribution in [3.05, 3.63) is 11.9 Å². The van der Waals surface area contributed by atoms with E-state index in [1.54, 1.807) is 6.33 Å². The number of hydrogen-bond acceptors (Lipinski definition) is 5. The summed E-state index contributed by atoms with van der Waals surface area (Å²) in [5.41, 5.74) is 1.17. The van der Waals surface area contributed by atoms with Crippen LogP contribution in [0.1, 0.15) is 32.8 Å². The van der Waals surface area contributed by atoms with Crippen LogP contribution in [0.2, 0.25) is 0 Å². The smallest absolute Gasteiger partial charge is 0.137 e. The van der Waals surface area contributed by atoms with E-state index in [4.69, 9.17) is 0 Å². The first kappa shape index (κ1) is 14.4. The third kappa shape index (κ3) is 3.14. The lowest BCUT2D eigenvalue weighted by atomic mass is 10.2. The number of hydrogen-bond donors (Lipinski definition) is 1. The molecule has 0 aromatic carbocycles. The molecule has 5 heteroatoms. The van der Waals surface area contributed by atoms with E-state index in [1.807, 2.05) is 11.8 Å². The predicted octanol–water partition coefficient (Wildman–Crippen LogP) is 2.94. The quantitative estimate of drug-likeness (QED) is 0.918. The highest BCUT2D eigenvalue weighted by Crippen LogP contribution is 2.31. The number of nitrogens with zero attached hydrogens (tertiary/aromatic N) is 3. The molecular weight excluding hydrogens is 256 g/mol.